The molecule has 0 aliphatic carbocycles. The predicted molar refractivity (Wildman–Crippen MR) is 108 cm³/mol. The first-order chi connectivity index (χ1) is 12.5. The number of carbonyl (C=O) groups is 1. The van der Waals surface area contributed by atoms with E-state index in [1.165, 1.54) is 5.56 Å². The number of aryl methyl sites for hydroxylation is 2. The minimum Gasteiger partial charge on any atom is -0.320 e. The van der Waals surface area contributed by atoms with Crippen LogP contribution in [0.5, 0.6) is 0 Å². The quantitative estimate of drug-likeness (QED) is 0.780. The van der Waals surface area contributed by atoms with Crippen LogP contribution in [0.25, 0.3) is 0 Å². The van der Waals surface area contributed by atoms with Crippen molar-refractivity contribution in [1.29, 1.82) is 0 Å². The van der Waals surface area contributed by atoms with Crippen LogP contribution < -0.4 is 5.32 Å². The van der Waals surface area contributed by atoms with Crippen LogP contribution in [0.2, 0.25) is 0 Å². The molecule has 2 aromatic carbocycles. The first-order valence-electron chi connectivity index (χ1n) is 9.74. The highest BCUT2D eigenvalue weighted by atomic mass is 16.2. The Morgan fingerprint density at radius 2 is 1.77 bits per heavy atom. The molecule has 138 valence electrons. The number of benzene rings is 2. The highest BCUT2D eigenvalue weighted by Gasteiger charge is 2.44. The number of anilines is 1. The fourth-order valence-corrected chi connectivity index (χ4v) is 4.43. The molecule has 0 spiro atoms. The summed E-state index contributed by atoms with van der Waals surface area (Å²) < 4.78 is 0.871. The lowest BCUT2D eigenvalue weighted by atomic mass is 9.98. The average molecular weight is 352 g/mol. The van der Waals surface area contributed by atoms with Crippen molar-refractivity contribution in [3.8, 4) is 0 Å². The van der Waals surface area contributed by atoms with E-state index in [0.29, 0.717) is 5.92 Å². The van der Waals surface area contributed by atoms with Gasteiger partial charge < -0.3 is 9.80 Å². The molecule has 0 radical (unpaired) electrons. The SMILES string of the molecule is CC[N+]1(C(C)C(=O)Nc2c(C)cccc2C)CCC(c2ccccc2)C1. The third kappa shape index (κ3) is 3.54. The third-order valence-corrected chi connectivity index (χ3v) is 6.34. The Balaban J connectivity index is 1.76. The van der Waals surface area contributed by atoms with E-state index in [-0.39, 0.29) is 11.9 Å². The van der Waals surface area contributed by atoms with Crippen molar-refractivity contribution in [1.82, 2.24) is 0 Å². The highest BCUT2D eigenvalue weighted by Crippen LogP contribution is 2.35. The minimum absolute atomic E-state index is 0.0484. The number of nitrogens with zero attached hydrogens (tertiary/aromatic N) is 1. The van der Waals surface area contributed by atoms with Crippen LogP contribution in [0.4, 0.5) is 5.69 Å². The highest BCUT2D eigenvalue weighted by molar-refractivity contribution is 5.95. The topological polar surface area (TPSA) is 29.1 Å². The van der Waals surface area contributed by atoms with Gasteiger partial charge in [0, 0.05) is 18.0 Å². The van der Waals surface area contributed by atoms with Crippen LogP contribution in [0.1, 0.15) is 42.9 Å². The number of hydrogen-bond acceptors (Lipinski definition) is 1. The molecule has 1 aliphatic rings. The second-order valence-electron chi connectivity index (χ2n) is 7.77. The number of nitrogens with one attached hydrogen (secondary N) is 1. The van der Waals surface area contributed by atoms with E-state index in [1.54, 1.807) is 0 Å². The van der Waals surface area contributed by atoms with E-state index in [9.17, 15) is 4.79 Å². The number of hydrogen-bond donors (Lipinski definition) is 1. The summed E-state index contributed by atoms with van der Waals surface area (Å²) in [5.74, 6) is 0.685. The Morgan fingerprint density at radius 3 is 2.38 bits per heavy atom. The van der Waals surface area contributed by atoms with Crippen LogP contribution in [-0.4, -0.2) is 36.1 Å². The van der Waals surface area contributed by atoms with Crippen molar-refractivity contribution in [3.05, 3.63) is 65.2 Å². The van der Waals surface area contributed by atoms with Gasteiger partial charge in [0.2, 0.25) is 0 Å². The summed E-state index contributed by atoms with van der Waals surface area (Å²) in [7, 11) is 0. The maximum atomic E-state index is 13.1. The maximum Gasteiger partial charge on any atom is 0.282 e. The lowest BCUT2D eigenvalue weighted by Crippen LogP contribution is -2.57. The molecule has 1 heterocycles. The fraction of sp³-hybridized carbons (Fsp3) is 0.435. The molecule has 1 N–H and O–H groups in total. The Bertz CT molecular complexity index is 751. The summed E-state index contributed by atoms with van der Waals surface area (Å²) in [5.41, 5.74) is 4.62. The van der Waals surface area contributed by atoms with Crippen LogP contribution in [0, 0.1) is 13.8 Å². The van der Waals surface area contributed by atoms with E-state index in [0.717, 1.165) is 47.4 Å². The first-order valence-corrected chi connectivity index (χ1v) is 9.74. The van der Waals surface area contributed by atoms with Crippen molar-refractivity contribution in [2.45, 2.75) is 46.1 Å². The van der Waals surface area contributed by atoms with Crippen LogP contribution in [-0.2, 0) is 4.79 Å². The molecule has 0 aromatic heterocycles. The number of quaternary nitrogens is 1. The number of likely N-dealkylation sites (N-methyl/N-ethyl adjacent to an activating group) is 1. The van der Waals surface area contributed by atoms with Gasteiger partial charge in [0.15, 0.2) is 6.04 Å². The van der Waals surface area contributed by atoms with Crippen molar-refractivity contribution < 1.29 is 9.28 Å². The van der Waals surface area contributed by atoms with Crippen molar-refractivity contribution >= 4 is 11.6 Å². The number of carbonyl (C=O) groups excluding carboxylic acids is 1. The number of likely N-dealkylation sites (tertiary alicyclic amines) is 1. The largest absolute Gasteiger partial charge is 0.320 e. The molecule has 26 heavy (non-hydrogen) atoms. The van der Waals surface area contributed by atoms with Gasteiger partial charge in [0.05, 0.1) is 19.6 Å². The number of para-hydroxylation sites is 1. The van der Waals surface area contributed by atoms with Crippen LogP contribution in [0.3, 0.4) is 0 Å². The van der Waals surface area contributed by atoms with Gasteiger partial charge in [-0.2, -0.15) is 0 Å². The molecule has 1 fully saturated rings. The van der Waals surface area contributed by atoms with E-state index < -0.39 is 0 Å². The summed E-state index contributed by atoms with van der Waals surface area (Å²) in [4.78, 5) is 13.1. The summed E-state index contributed by atoms with van der Waals surface area (Å²) in [6.45, 7) is 11.5. The molecular weight excluding hydrogens is 320 g/mol. The molecule has 1 aliphatic heterocycles. The lowest BCUT2D eigenvalue weighted by Gasteiger charge is -2.38. The minimum atomic E-state index is -0.0484. The molecule has 3 nitrogen and oxygen atoms in total. The molecule has 3 unspecified atom stereocenters. The van der Waals surface area contributed by atoms with Gasteiger partial charge in [0.1, 0.15) is 0 Å². The Kier molecular flexibility index (Phi) is 5.47. The predicted octanol–water partition coefficient (Wildman–Crippen LogP) is 4.65. The van der Waals surface area contributed by atoms with Gasteiger partial charge in [-0.05, 0) is 44.4 Å². The standard InChI is InChI=1S/C23H30N2O/c1-5-25(15-14-21(16-25)20-12-7-6-8-13-20)19(4)23(26)24-22-17(2)10-9-11-18(22)3/h6-13,19,21H,5,14-16H2,1-4H3/p+1. The summed E-state index contributed by atoms with van der Waals surface area (Å²) in [6.07, 6.45) is 1.15. The fourth-order valence-electron chi connectivity index (χ4n) is 4.43. The molecule has 2 aromatic rings. The second-order valence-corrected chi connectivity index (χ2v) is 7.77. The van der Waals surface area contributed by atoms with Crippen molar-refractivity contribution in [3.63, 3.8) is 0 Å². The van der Waals surface area contributed by atoms with E-state index in [1.807, 2.05) is 6.07 Å². The monoisotopic (exact) mass is 351 g/mol. The molecule has 1 amide bonds. The van der Waals surface area contributed by atoms with Crippen molar-refractivity contribution in [2.75, 3.05) is 25.0 Å². The normalized spacial score (nSPS) is 23.6. The molecule has 3 heteroatoms. The van der Waals surface area contributed by atoms with Crippen molar-refractivity contribution in [2.24, 2.45) is 0 Å². The maximum absolute atomic E-state index is 13.1. The van der Waals surface area contributed by atoms with E-state index in [2.05, 4.69) is 75.5 Å². The zero-order valence-electron chi connectivity index (χ0n) is 16.5. The number of amides is 1. The third-order valence-electron chi connectivity index (χ3n) is 6.34. The zero-order valence-corrected chi connectivity index (χ0v) is 16.5. The second kappa shape index (κ2) is 7.63. The van der Waals surface area contributed by atoms with Gasteiger partial charge >= 0.3 is 0 Å². The van der Waals surface area contributed by atoms with Gasteiger partial charge in [0.25, 0.3) is 5.91 Å². The molecule has 3 atom stereocenters. The van der Waals surface area contributed by atoms with Crippen LogP contribution in [0.15, 0.2) is 48.5 Å². The molecule has 1 saturated heterocycles. The smallest absolute Gasteiger partial charge is 0.282 e. The van der Waals surface area contributed by atoms with Gasteiger partial charge in [-0.3, -0.25) is 4.79 Å². The van der Waals surface area contributed by atoms with Gasteiger partial charge in [-0.25, -0.2) is 0 Å². The van der Waals surface area contributed by atoms with Gasteiger partial charge in [-0.1, -0.05) is 48.5 Å². The Labute approximate surface area is 157 Å². The van der Waals surface area contributed by atoms with Gasteiger partial charge in [-0.15, -0.1) is 0 Å². The van der Waals surface area contributed by atoms with Crippen LogP contribution >= 0.6 is 0 Å². The summed E-state index contributed by atoms with van der Waals surface area (Å²) in [5, 5.41) is 3.21. The molecule has 3 rings (SSSR count). The first kappa shape index (κ1) is 18.7. The average Bonchev–Trinajstić information content (AvgIpc) is 3.11. The lowest BCUT2D eigenvalue weighted by molar-refractivity contribution is -0.928. The summed E-state index contributed by atoms with van der Waals surface area (Å²) in [6, 6.07) is 16.8. The van der Waals surface area contributed by atoms with E-state index >= 15 is 0 Å². The number of rotatable bonds is 5. The zero-order chi connectivity index (χ0) is 18.7. The molecule has 0 bridgehead atoms. The summed E-state index contributed by atoms with van der Waals surface area (Å²) >= 11 is 0. The van der Waals surface area contributed by atoms with E-state index in [4.69, 9.17) is 0 Å². The Morgan fingerprint density at radius 1 is 1.12 bits per heavy atom. The molecular formula is C23H31N2O+. The Hall–Kier alpha value is -2.13. The molecule has 0 saturated carbocycles.